The monoisotopic (exact) mass is 449 g/mol. The van der Waals surface area contributed by atoms with Crippen LogP contribution in [0.5, 0.6) is 0 Å². The zero-order chi connectivity index (χ0) is 21.6. The van der Waals surface area contributed by atoms with Crippen LogP contribution in [0.25, 0.3) is 11.2 Å². The lowest BCUT2D eigenvalue weighted by molar-refractivity contribution is -0.127. The summed E-state index contributed by atoms with van der Waals surface area (Å²) in [5.41, 5.74) is 0.897. The molecule has 2 fully saturated rings. The third kappa shape index (κ3) is 4.07. The molecule has 11 heteroatoms. The summed E-state index contributed by atoms with van der Waals surface area (Å²) in [7, 11) is 0. The maximum atomic E-state index is 12.8. The van der Waals surface area contributed by atoms with E-state index < -0.39 is 13.0 Å². The number of nitrogens with one attached hydrogen (secondary N) is 1. The topological polar surface area (TPSA) is 79.2 Å². The Bertz CT molecular complexity index is 1020. The van der Waals surface area contributed by atoms with E-state index in [0.29, 0.717) is 35.3 Å². The highest BCUT2D eigenvalue weighted by atomic mass is 32.2. The number of thioether (sulfide) groups is 1. The SMILES string of the molecule is CC1NC=C(CN2CC3(CCN(c4cnc5cnn(CC(F)F)c5n4)CC3)CC2=O)S1. The molecule has 8 nitrogen and oxygen atoms in total. The van der Waals surface area contributed by atoms with E-state index in [1.165, 1.54) is 15.8 Å². The number of carbonyl (C=O) groups is 1. The molecule has 3 aliphatic heterocycles. The Balaban J connectivity index is 1.24. The zero-order valence-electron chi connectivity index (χ0n) is 17.3. The molecule has 31 heavy (non-hydrogen) atoms. The summed E-state index contributed by atoms with van der Waals surface area (Å²) < 4.78 is 26.8. The minimum absolute atomic E-state index is 0.00539. The van der Waals surface area contributed by atoms with Gasteiger partial charge in [-0.25, -0.2) is 23.4 Å². The average molecular weight is 450 g/mol. The first kappa shape index (κ1) is 20.5. The fourth-order valence-electron chi connectivity index (χ4n) is 4.70. The van der Waals surface area contributed by atoms with Gasteiger partial charge in [0, 0.05) is 42.6 Å². The second-order valence-corrected chi connectivity index (χ2v) is 10.1. The maximum absolute atomic E-state index is 12.8. The Morgan fingerprint density at radius 1 is 1.32 bits per heavy atom. The quantitative estimate of drug-likeness (QED) is 0.751. The highest BCUT2D eigenvalue weighted by Gasteiger charge is 2.45. The molecule has 0 bridgehead atoms. The van der Waals surface area contributed by atoms with E-state index in [1.54, 1.807) is 18.0 Å². The van der Waals surface area contributed by atoms with Gasteiger partial charge in [0.1, 0.15) is 17.9 Å². The van der Waals surface area contributed by atoms with Crippen molar-refractivity contribution in [3.05, 3.63) is 23.5 Å². The second-order valence-electron chi connectivity index (χ2n) is 8.61. The molecule has 1 amide bonds. The first-order chi connectivity index (χ1) is 14.9. The van der Waals surface area contributed by atoms with Crippen LogP contribution in [0.2, 0.25) is 0 Å². The van der Waals surface area contributed by atoms with Gasteiger partial charge < -0.3 is 15.1 Å². The Labute approximate surface area is 183 Å². The highest BCUT2D eigenvalue weighted by Crippen LogP contribution is 2.42. The molecule has 2 aromatic rings. The van der Waals surface area contributed by atoms with Crippen LogP contribution in [0.15, 0.2) is 23.5 Å². The molecule has 5 heterocycles. The number of rotatable bonds is 5. The fourth-order valence-corrected chi connectivity index (χ4v) is 5.66. The van der Waals surface area contributed by atoms with Crippen molar-refractivity contribution in [3.8, 4) is 0 Å². The van der Waals surface area contributed by atoms with Crippen molar-refractivity contribution < 1.29 is 13.6 Å². The van der Waals surface area contributed by atoms with Crippen LogP contribution in [0.3, 0.4) is 0 Å². The summed E-state index contributed by atoms with van der Waals surface area (Å²) >= 11 is 1.77. The van der Waals surface area contributed by atoms with Crippen molar-refractivity contribution in [2.24, 2.45) is 5.41 Å². The van der Waals surface area contributed by atoms with Crippen LogP contribution >= 0.6 is 11.8 Å². The Kier molecular flexibility index (Phi) is 5.23. The first-order valence-electron chi connectivity index (χ1n) is 10.5. The summed E-state index contributed by atoms with van der Waals surface area (Å²) in [5.74, 6) is 0.902. The molecular formula is C20H25F2N7OS. The van der Waals surface area contributed by atoms with E-state index in [-0.39, 0.29) is 11.3 Å². The van der Waals surface area contributed by atoms with Crippen molar-refractivity contribution in [1.82, 2.24) is 30.0 Å². The molecule has 5 rings (SSSR count). The van der Waals surface area contributed by atoms with Crippen molar-refractivity contribution in [1.29, 1.82) is 0 Å². The number of aromatic nitrogens is 4. The number of carbonyl (C=O) groups excluding carboxylic acids is 1. The van der Waals surface area contributed by atoms with Crippen LogP contribution in [-0.4, -0.2) is 68.5 Å². The summed E-state index contributed by atoms with van der Waals surface area (Å²) in [6.07, 6.45) is 5.05. The van der Waals surface area contributed by atoms with Gasteiger partial charge in [-0.3, -0.25) is 4.79 Å². The van der Waals surface area contributed by atoms with Crippen molar-refractivity contribution in [2.45, 2.75) is 44.5 Å². The number of piperidine rings is 1. The van der Waals surface area contributed by atoms with Gasteiger partial charge in [0.25, 0.3) is 6.43 Å². The van der Waals surface area contributed by atoms with Gasteiger partial charge in [0.15, 0.2) is 5.65 Å². The maximum Gasteiger partial charge on any atom is 0.258 e. The van der Waals surface area contributed by atoms with Crippen LogP contribution in [0.4, 0.5) is 14.6 Å². The van der Waals surface area contributed by atoms with Crippen molar-refractivity contribution in [2.75, 3.05) is 31.1 Å². The van der Waals surface area contributed by atoms with Gasteiger partial charge in [0.05, 0.1) is 24.3 Å². The Morgan fingerprint density at radius 2 is 2.13 bits per heavy atom. The molecule has 1 spiro atoms. The smallest absolute Gasteiger partial charge is 0.258 e. The fraction of sp³-hybridized carbons (Fsp3) is 0.600. The predicted octanol–water partition coefficient (Wildman–Crippen LogP) is 2.43. The lowest BCUT2D eigenvalue weighted by Crippen LogP contribution is -2.42. The number of amides is 1. The van der Waals surface area contributed by atoms with Gasteiger partial charge in [-0.2, -0.15) is 5.10 Å². The van der Waals surface area contributed by atoms with Crippen molar-refractivity contribution >= 4 is 34.7 Å². The summed E-state index contributed by atoms with van der Waals surface area (Å²) in [5, 5.41) is 7.62. The molecule has 1 N–H and O–H groups in total. The molecule has 0 radical (unpaired) electrons. The third-order valence-electron chi connectivity index (χ3n) is 6.35. The van der Waals surface area contributed by atoms with Gasteiger partial charge in [0.2, 0.25) is 5.91 Å². The largest absolute Gasteiger partial charge is 0.378 e. The standard InChI is InChI=1S/C20H25F2N7OS/c1-13-23-7-14(31-13)10-28-12-20(6-18(28)30)2-4-27(5-3-20)17-9-24-15-8-25-29(11-16(21)22)19(15)26-17/h7-9,13,16,23H,2-6,10-12H2,1H3. The molecule has 3 aliphatic rings. The lowest BCUT2D eigenvalue weighted by Gasteiger charge is -2.39. The molecule has 0 saturated carbocycles. The highest BCUT2D eigenvalue weighted by molar-refractivity contribution is 8.03. The van der Waals surface area contributed by atoms with Crippen LogP contribution in [0, 0.1) is 5.41 Å². The molecule has 2 saturated heterocycles. The number of fused-ring (bicyclic) bond motifs is 1. The average Bonchev–Trinajstić information content (AvgIpc) is 3.41. The molecule has 2 aromatic heterocycles. The van der Waals surface area contributed by atoms with E-state index in [9.17, 15) is 13.6 Å². The Morgan fingerprint density at radius 3 is 2.84 bits per heavy atom. The molecule has 1 atom stereocenters. The third-order valence-corrected chi connectivity index (χ3v) is 7.39. The van der Waals surface area contributed by atoms with Crippen molar-refractivity contribution in [3.63, 3.8) is 0 Å². The van der Waals surface area contributed by atoms with Gasteiger partial charge >= 0.3 is 0 Å². The molecule has 166 valence electrons. The summed E-state index contributed by atoms with van der Waals surface area (Å²) in [6, 6.07) is 0. The van der Waals surface area contributed by atoms with Gasteiger partial charge in [-0.15, -0.1) is 11.8 Å². The molecule has 1 unspecified atom stereocenters. The number of nitrogens with zero attached hydrogens (tertiary/aromatic N) is 6. The predicted molar refractivity (Wildman–Crippen MR) is 115 cm³/mol. The lowest BCUT2D eigenvalue weighted by atomic mass is 9.77. The van der Waals surface area contributed by atoms with Crippen LogP contribution in [0.1, 0.15) is 26.2 Å². The van der Waals surface area contributed by atoms with Crippen LogP contribution in [-0.2, 0) is 11.3 Å². The number of halogens is 2. The minimum atomic E-state index is -2.50. The van der Waals surface area contributed by atoms with E-state index in [1.807, 2.05) is 11.1 Å². The summed E-state index contributed by atoms with van der Waals surface area (Å²) in [6.45, 7) is 4.62. The molecular weight excluding hydrogens is 424 g/mol. The molecule has 0 aliphatic carbocycles. The molecule has 0 aromatic carbocycles. The van der Waals surface area contributed by atoms with Gasteiger partial charge in [-0.05, 0) is 19.8 Å². The Hall–Kier alpha value is -2.43. The van der Waals surface area contributed by atoms with E-state index in [2.05, 4.69) is 32.2 Å². The van der Waals surface area contributed by atoms with Crippen LogP contribution < -0.4 is 10.2 Å². The second kappa shape index (κ2) is 7.92. The number of anilines is 1. The minimum Gasteiger partial charge on any atom is -0.378 e. The normalized spacial score (nSPS) is 23.3. The van der Waals surface area contributed by atoms with E-state index >= 15 is 0 Å². The number of alkyl halides is 2. The van der Waals surface area contributed by atoms with E-state index in [4.69, 9.17) is 0 Å². The van der Waals surface area contributed by atoms with E-state index in [0.717, 1.165) is 32.5 Å². The first-order valence-corrected chi connectivity index (χ1v) is 11.4. The zero-order valence-corrected chi connectivity index (χ0v) is 18.1. The summed E-state index contributed by atoms with van der Waals surface area (Å²) in [4.78, 5) is 26.9. The van der Waals surface area contributed by atoms with Gasteiger partial charge in [-0.1, -0.05) is 0 Å². The number of hydrogen-bond donors (Lipinski definition) is 1. The number of likely N-dealkylation sites (tertiary alicyclic amines) is 1. The number of hydrogen-bond acceptors (Lipinski definition) is 7.